The molecule has 2 heteroatoms. The Morgan fingerprint density at radius 3 is 2.80 bits per heavy atom. The highest BCUT2D eigenvalue weighted by Gasteiger charge is 2.51. The van der Waals surface area contributed by atoms with Crippen molar-refractivity contribution >= 4 is 11.6 Å². The molecule has 15 heavy (non-hydrogen) atoms. The standard InChI is InChI=1S/C13H15NO/c1-2-9-5-3-6-10-11(9)14-12(15)13(10)7-4-8-13/h3,5-6H,2,4,7-8H2,1H3,(H,14,15). The lowest BCUT2D eigenvalue weighted by atomic mass is 9.65. The van der Waals surface area contributed by atoms with Gasteiger partial charge in [0.15, 0.2) is 0 Å². The Kier molecular flexibility index (Phi) is 1.70. The van der Waals surface area contributed by atoms with E-state index in [0.717, 1.165) is 24.9 Å². The number of carbonyl (C=O) groups excluding carboxylic acids is 1. The minimum absolute atomic E-state index is 0.152. The molecule has 0 bridgehead atoms. The largest absolute Gasteiger partial charge is 0.325 e. The van der Waals surface area contributed by atoms with Gasteiger partial charge >= 0.3 is 0 Å². The van der Waals surface area contributed by atoms with Crippen molar-refractivity contribution in [1.82, 2.24) is 0 Å². The smallest absolute Gasteiger partial charge is 0.235 e. The fourth-order valence-corrected chi connectivity index (χ4v) is 2.82. The van der Waals surface area contributed by atoms with Crippen LogP contribution in [0.4, 0.5) is 5.69 Å². The van der Waals surface area contributed by atoms with E-state index in [2.05, 4.69) is 30.4 Å². The van der Waals surface area contributed by atoms with Gasteiger partial charge in [-0.2, -0.15) is 0 Å². The Balaban J connectivity index is 2.18. The molecule has 0 atom stereocenters. The molecule has 0 saturated heterocycles. The van der Waals surface area contributed by atoms with Crippen molar-refractivity contribution in [3.63, 3.8) is 0 Å². The molecule has 78 valence electrons. The maximum Gasteiger partial charge on any atom is 0.235 e. The summed E-state index contributed by atoms with van der Waals surface area (Å²) in [6.45, 7) is 2.13. The van der Waals surface area contributed by atoms with Gasteiger partial charge in [0.25, 0.3) is 0 Å². The number of hydrogen-bond acceptors (Lipinski definition) is 1. The first kappa shape index (κ1) is 8.96. The van der Waals surface area contributed by atoms with E-state index in [1.54, 1.807) is 0 Å². The van der Waals surface area contributed by atoms with Crippen LogP contribution >= 0.6 is 0 Å². The number of nitrogens with one attached hydrogen (secondary N) is 1. The van der Waals surface area contributed by atoms with Gasteiger partial charge in [-0.3, -0.25) is 4.79 Å². The van der Waals surface area contributed by atoms with Crippen LogP contribution in [0.3, 0.4) is 0 Å². The third-order valence-electron chi connectivity index (χ3n) is 3.93. The van der Waals surface area contributed by atoms with Gasteiger partial charge in [-0.15, -0.1) is 0 Å². The highest BCUT2D eigenvalue weighted by atomic mass is 16.2. The van der Waals surface area contributed by atoms with E-state index in [-0.39, 0.29) is 11.3 Å². The molecule has 1 heterocycles. The van der Waals surface area contributed by atoms with Crippen LogP contribution in [-0.4, -0.2) is 5.91 Å². The summed E-state index contributed by atoms with van der Waals surface area (Å²) in [7, 11) is 0. The van der Waals surface area contributed by atoms with Crippen LogP contribution in [0.5, 0.6) is 0 Å². The number of para-hydroxylation sites is 1. The monoisotopic (exact) mass is 201 g/mol. The van der Waals surface area contributed by atoms with E-state index in [1.165, 1.54) is 17.5 Å². The van der Waals surface area contributed by atoms with Crippen molar-refractivity contribution < 1.29 is 4.79 Å². The summed E-state index contributed by atoms with van der Waals surface area (Å²) in [6.07, 6.45) is 4.22. The van der Waals surface area contributed by atoms with Crippen LogP contribution in [0.2, 0.25) is 0 Å². The molecule has 1 N–H and O–H groups in total. The number of fused-ring (bicyclic) bond motifs is 2. The van der Waals surface area contributed by atoms with Crippen LogP contribution in [0.25, 0.3) is 0 Å². The van der Waals surface area contributed by atoms with Gasteiger partial charge < -0.3 is 5.32 Å². The van der Waals surface area contributed by atoms with E-state index in [0.29, 0.717) is 0 Å². The van der Waals surface area contributed by atoms with Crippen molar-refractivity contribution in [2.75, 3.05) is 5.32 Å². The summed E-state index contributed by atoms with van der Waals surface area (Å²) >= 11 is 0. The van der Waals surface area contributed by atoms with E-state index in [4.69, 9.17) is 0 Å². The molecule has 1 aliphatic heterocycles. The number of aryl methyl sites for hydroxylation is 1. The average molecular weight is 201 g/mol. The van der Waals surface area contributed by atoms with Gasteiger partial charge in [-0.25, -0.2) is 0 Å². The highest BCUT2D eigenvalue weighted by Crippen LogP contribution is 2.51. The Labute approximate surface area is 89.7 Å². The Hall–Kier alpha value is -1.31. The van der Waals surface area contributed by atoms with Crippen LogP contribution in [0, 0.1) is 0 Å². The average Bonchev–Trinajstić information content (AvgIpc) is 2.48. The molecule has 1 aromatic rings. The number of benzene rings is 1. The SMILES string of the molecule is CCc1cccc2c1NC(=O)C21CCC1. The zero-order valence-corrected chi connectivity index (χ0v) is 8.97. The summed E-state index contributed by atoms with van der Waals surface area (Å²) in [4.78, 5) is 12.0. The van der Waals surface area contributed by atoms with Crippen molar-refractivity contribution in [2.24, 2.45) is 0 Å². The number of hydrogen-bond donors (Lipinski definition) is 1. The second kappa shape index (κ2) is 2.84. The van der Waals surface area contributed by atoms with Crippen molar-refractivity contribution in [1.29, 1.82) is 0 Å². The van der Waals surface area contributed by atoms with Crippen molar-refractivity contribution in [3.8, 4) is 0 Å². The van der Waals surface area contributed by atoms with Crippen LogP contribution in [-0.2, 0) is 16.6 Å². The molecular formula is C13H15NO. The Morgan fingerprint density at radius 1 is 1.40 bits per heavy atom. The molecule has 1 aromatic carbocycles. The third kappa shape index (κ3) is 0.969. The molecule has 0 aromatic heterocycles. The molecule has 1 fully saturated rings. The summed E-state index contributed by atoms with van der Waals surface area (Å²) in [5, 5.41) is 3.07. The van der Waals surface area contributed by atoms with Gasteiger partial charge in [0, 0.05) is 5.69 Å². The van der Waals surface area contributed by atoms with Crippen molar-refractivity contribution in [3.05, 3.63) is 29.3 Å². The van der Waals surface area contributed by atoms with Crippen LogP contribution in [0.1, 0.15) is 37.3 Å². The molecule has 1 amide bonds. The molecule has 2 aliphatic rings. The van der Waals surface area contributed by atoms with E-state index in [1.807, 2.05) is 0 Å². The number of carbonyl (C=O) groups is 1. The molecule has 2 nitrogen and oxygen atoms in total. The Bertz CT molecular complexity index is 432. The predicted molar refractivity (Wildman–Crippen MR) is 60.0 cm³/mol. The lowest BCUT2D eigenvalue weighted by molar-refractivity contribution is -0.123. The predicted octanol–water partition coefficient (Wildman–Crippen LogP) is 2.62. The van der Waals surface area contributed by atoms with Gasteiger partial charge in [0.2, 0.25) is 5.91 Å². The molecular weight excluding hydrogens is 186 g/mol. The number of rotatable bonds is 1. The maximum absolute atomic E-state index is 12.0. The topological polar surface area (TPSA) is 29.1 Å². The molecule has 1 aliphatic carbocycles. The number of anilines is 1. The lowest BCUT2D eigenvalue weighted by Gasteiger charge is -2.36. The molecule has 0 unspecified atom stereocenters. The zero-order chi connectivity index (χ0) is 10.5. The van der Waals surface area contributed by atoms with E-state index >= 15 is 0 Å². The summed E-state index contributed by atoms with van der Waals surface area (Å²) in [6, 6.07) is 6.31. The summed E-state index contributed by atoms with van der Waals surface area (Å²) < 4.78 is 0. The van der Waals surface area contributed by atoms with E-state index in [9.17, 15) is 4.79 Å². The summed E-state index contributed by atoms with van der Waals surface area (Å²) in [5.74, 6) is 0.227. The van der Waals surface area contributed by atoms with Gasteiger partial charge in [-0.1, -0.05) is 31.5 Å². The maximum atomic E-state index is 12.0. The molecule has 0 radical (unpaired) electrons. The normalized spacial score (nSPS) is 21.0. The van der Waals surface area contributed by atoms with Crippen LogP contribution < -0.4 is 5.32 Å². The first-order valence-corrected chi connectivity index (χ1v) is 5.72. The second-order valence-electron chi connectivity index (χ2n) is 4.58. The van der Waals surface area contributed by atoms with Crippen molar-refractivity contribution in [2.45, 2.75) is 38.0 Å². The summed E-state index contributed by atoms with van der Waals surface area (Å²) in [5.41, 5.74) is 3.47. The number of amides is 1. The van der Waals surface area contributed by atoms with Gasteiger partial charge in [-0.05, 0) is 30.4 Å². The highest BCUT2D eigenvalue weighted by molar-refractivity contribution is 6.07. The molecule has 1 spiro atoms. The Morgan fingerprint density at radius 2 is 2.20 bits per heavy atom. The molecule has 3 rings (SSSR count). The minimum Gasteiger partial charge on any atom is -0.325 e. The minimum atomic E-state index is -0.152. The van der Waals surface area contributed by atoms with Gasteiger partial charge in [0.05, 0.1) is 5.41 Å². The quantitative estimate of drug-likeness (QED) is 0.743. The first-order chi connectivity index (χ1) is 7.28. The third-order valence-corrected chi connectivity index (χ3v) is 3.93. The zero-order valence-electron chi connectivity index (χ0n) is 8.97. The molecule has 1 saturated carbocycles. The van der Waals surface area contributed by atoms with Crippen LogP contribution in [0.15, 0.2) is 18.2 Å². The van der Waals surface area contributed by atoms with Gasteiger partial charge in [0.1, 0.15) is 0 Å². The fourth-order valence-electron chi connectivity index (χ4n) is 2.82. The first-order valence-electron chi connectivity index (χ1n) is 5.72. The second-order valence-corrected chi connectivity index (χ2v) is 4.58. The fraction of sp³-hybridized carbons (Fsp3) is 0.462. The lowest BCUT2D eigenvalue weighted by Crippen LogP contribution is -2.40. The van der Waals surface area contributed by atoms with E-state index < -0.39 is 0 Å².